The van der Waals surface area contributed by atoms with Gasteiger partial charge in [-0.1, -0.05) is 6.58 Å². The molecule has 0 saturated heterocycles. The second-order valence-electron chi connectivity index (χ2n) is 2.58. The molecular weight excluding hydrogens is 198 g/mol. The van der Waals surface area contributed by atoms with Crippen LogP contribution in [0, 0.1) is 0 Å². The number of thioether (sulfide) groups is 1. The first-order chi connectivity index (χ1) is 6.72. The molecule has 0 bridgehead atoms. The summed E-state index contributed by atoms with van der Waals surface area (Å²) >= 11 is 1.40. The van der Waals surface area contributed by atoms with Crippen LogP contribution in [-0.2, 0) is 0 Å². The van der Waals surface area contributed by atoms with Crippen LogP contribution in [0.4, 0.5) is 0 Å². The standard InChI is InChI=1S/C10H13NO2S/c1-4-7-10(14-3)8(12)6-9(11-7)13-5-2/h4,6H,1,5H2,2-3H3,(H,11,12). The van der Waals surface area contributed by atoms with Crippen LogP contribution in [0.15, 0.2) is 22.3 Å². The number of aromatic amines is 1. The molecule has 1 rings (SSSR count). The fourth-order valence-corrected chi connectivity index (χ4v) is 1.74. The summed E-state index contributed by atoms with van der Waals surface area (Å²) in [6.45, 7) is 6.05. The maximum Gasteiger partial charge on any atom is 0.199 e. The Morgan fingerprint density at radius 3 is 2.93 bits per heavy atom. The lowest BCUT2D eigenvalue weighted by molar-refractivity contribution is 0.326. The van der Waals surface area contributed by atoms with Crippen molar-refractivity contribution in [3.63, 3.8) is 0 Å². The third kappa shape index (κ3) is 2.20. The second kappa shape index (κ2) is 4.91. The van der Waals surface area contributed by atoms with Crippen LogP contribution in [0.25, 0.3) is 6.08 Å². The zero-order valence-electron chi connectivity index (χ0n) is 8.29. The summed E-state index contributed by atoms with van der Waals surface area (Å²) in [7, 11) is 0. The molecule has 0 unspecified atom stereocenters. The highest BCUT2D eigenvalue weighted by Gasteiger charge is 2.06. The summed E-state index contributed by atoms with van der Waals surface area (Å²) in [5.41, 5.74) is 0.683. The van der Waals surface area contributed by atoms with Gasteiger partial charge in [0.15, 0.2) is 11.3 Å². The van der Waals surface area contributed by atoms with E-state index in [1.807, 2.05) is 13.2 Å². The van der Waals surface area contributed by atoms with E-state index in [9.17, 15) is 4.79 Å². The SMILES string of the molecule is C=Cc1[nH]c(OCC)cc(=O)c1SC. The van der Waals surface area contributed by atoms with E-state index in [0.717, 1.165) is 0 Å². The van der Waals surface area contributed by atoms with Crippen molar-refractivity contribution in [1.29, 1.82) is 0 Å². The molecule has 76 valence electrons. The fourth-order valence-electron chi connectivity index (χ4n) is 1.13. The number of nitrogens with one attached hydrogen (secondary N) is 1. The summed E-state index contributed by atoms with van der Waals surface area (Å²) in [4.78, 5) is 15.2. The van der Waals surface area contributed by atoms with Crippen LogP contribution in [0.1, 0.15) is 12.6 Å². The van der Waals surface area contributed by atoms with Crippen LogP contribution >= 0.6 is 11.8 Å². The summed E-state index contributed by atoms with van der Waals surface area (Å²) in [5.74, 6) is 0.491. The average molecular weight is 211 g/mol. The number of aromatic nitrogens is 1. The van der Waals surface area contributed by atoms with Gasteiger partial charge in [-0.2, -0.15) is 0 Å². The van der Waals surface area contributed by atoms with Gasteiger partial charge in [-0.15, -0.1) is 11.8 Å². The number of rotatable bonds is 4. The minimum atomic E-state index is -0.0328. The van der Waals surface area contributed by atoms with Crippen molar-refractivity contribution in [3.05, 3.63) is 28.6 Å². The number of H-pyrrole nitrogens is 1. The van der Waals surface area contributed by atoms with Gasteiger partial charge >= 0.3 is 0 Å². The van der Waals surface area contributed by atoms with Gasteiger partial charge in [0.1, 0.15) is 0 Å². The van der Waals surface area contributed by atoms with E-state index in [1.165, 1.54) is 17.8 Å². The molecule has 0 aliphatic rings. The lowest BCUT2D eigenvalue weighted by atomic mass is 10.3. The highest BCUT2D eigenvalue weighted by atomic mass is 32.2. The predicted octanol–water partition coefficient (Wildman–Crippen LogP) is 2.14. The van der Waals surface area contributed by atoms with Gasteiger partial charge in [0.05, 0.1) is 17.2 Å². The highest BCUT2D eigenvalue weighted by Crippen LogP contribution is 2.17. The smallest absolute Gasteiger partial charge is 0.199 e. The van der Waals surface area contributed by atoms with Crippen molar-refractivity contribution in [2.75, 3.05) is 12.9 Å². The van der Waals surface area contributed by atoms with E-state index < -0.39 is 0 Å². The predicted molar refractivity (Wildman–Crippen MR) is 60.1 cm³/mol. The molecule has 0 aromatic carbocycles. The summed E-state index contributed by atoms with van der Waals surface area (Å²) in [6.07, 6.45) is 3.48. The first-order valence-corrected chi connectivity index (χ1v) is 5.52. The maximum absolute atomic E-state index is 11.6. The Balaban J connectivity index is 3.24. The summed E-state index contributed by atoms with van der Waals surface area (Å²) < 4.78 is 5.22. The summed E-state index contributed by atoms with van der Waals surface area (Å²) in [6, 6.07) is 1.46. The Morgan fingerprint density at radius 2 is 2.43 bits per heavy atom. The Morgan fingerprint density at radius 1 is 1.71 bits per heavy atom. The summed E-state index contributed by atoms with van der Waals surface area (Å²) in [5, 5.41) is 0. The van der Waals surface area contributed by atoms with Gasteiger partial charge in [0.25, 0.3) is 0 Å². The first kappa shape index (κ1) is 10.9. The van der Waals surface area contributed by atoms with Crippen molar-refractivity contribution in [2.24, 2.45) is 0 Å². The largest absolute Gasteiger partial charge is 0.479 e. The Hall–Kier alpha value is -1.16. The Bertz CT molecular complexity index is 384. The third-order valence-electron chi connectivity index (χ3n) is 1.70. The fraction of sp³-hybridized carbons (Fsp3) is 0.300. The van der Waals surface area contributed by atoms with Crippen LogP contribution in [0.3, 0.4) is 0 Å². The van der Waals surface area contributed by atoms with Gasteiger partial charge in [0.2, 0.25) is 0 Å². The Kier molecular flexibility index (Phi) is 3.83. The minimum absolute atomic E-state index is 0.0328. The molecule has 0 aliphatic carbocycles. The molecule has 1 heterocycles. The molecule has 0 radical (unpaired) electrons. The van der Waals surface area contributed by atoms with Crippen molar-refractivity contribution in [3.8, 4) is 5.88 Å². The van der Waals surface area contributed by atoms with Gasteiger partial charge in [-0.05, 0) is 19.3 Å². The van der Waals surface area contributed by atoms with E-state index in [0.29, 0.717) is 23.1 Å². The minimum Gasteiger partial charge on any atom is -0.479 e. The van der Waals surface area contributed by atoms with Crippen molar-refractivity contribution in [1.82, 2.24) is 4.98 Å². The van der Waals surface area contributed by atoms with E-state index >= 15 is 0 Å². The van der Waals surface area contributed by atoms with Crippen molar-refractivity contribution >= 4 is 17.8 Å². The molecule has 1 aromatic heterocycles. The van der Waals surface area contributed by atoms with Gasteiger partial charge in [0, 0.05) is 6.07 Å². The van der Waals surface area contributed by atoms with Crippen LogP contribution in [-0.4, -0.2) is 17.8 Å². The molecular formula is C10H13NO2S. The first-order valence-electron chi connectivity index (χ1n) is 4.29. The molecule has 14 heavy (non-hydrogen) atoms. The lowest BCUT2D eigenvalue weighted by Crippen LogP contribution is -2.08. The van der Waals surface area contributed by atoms with Crippen LogP contribution in [0.5, 0.6) is 5.88 Å². The number of ether oxygens (including phenoxy) is 1. The molecule has 0 atom stereocenters. The quantitative estimate of drug-likeness (QED) is 0.776. The highest BCUT2D eigenvalue weighted by molar-refractivity contribution is 7.98. The number of pyridine rings is 1. The monoisotopic (exact) mass is 211 g/mol. The van der Waals surface area contributed by atoms with Gasteiger partial charge in [-0.3, -0.25) is 4.79 Å². The molecule has 0 spiro atoms. The van der Waals surface area contributed by atoms with Gasteiger partial charge in [-0.25, -0.2) is 0 Å². The normalized spacial score (nSPS) is 9.86. The molecule has 0 aliphatic heterocycles. The van der Waals surface area contributed by atoms with Crippen molar-refractivity contribution in [2.45, 2.75) is 11.8 Å². The topological polar surface area (TPSA) is 42.1 Å². The van der Waals surface area contributed by atoms with E-state index in [2.05, 4.69) is 11.6 Å². The molecule has 0 fully saturated rings. The van der Waals surface area contributed by atoms with Crippen molar-refractivity contribution < 1.29 is 4.74 Å². The maximum atomic E-state index is 11.6. The zero-order chi connectivity index (χ0) is 10.6. The van der Waals surface area contributed by atoms with Crippen LogP contribution < -0.4 is 10.2 Å². The van der Waals surface area contributed by atoms with Crippen LogP contribution in [0.2, 0.25) is 0 Å². The molecule has 1 N–H and O–H groups in total. The number of hydrogen-bond acceptors (Lipinski definition) is 3. The second-order valence-corrected chi connectivity index (χ2v) is 3.40. The molecule has 0 amide bonds. The van der Waals surface area contributed by atoms with E-state index in [4.69, 9.17) is 4.74 Å². The molecule has 1 aromatic rings. The number of hydrogen-bond donors (Lipinski definition) is 1. The zero-order valence-corrected chi connectivity index (χ0v) is 9.11. The molecule has 0 saturated carbocycles. The Labute approximate surface area is 87.2 Å². The van der Waals surface area contributed by atoms with E-state index in [1.54, 1.807) is 6.08 Å². The molecule has 3 nitrogen and oxygen atoms in total. The lowest BCUT2D eigenvalue weighted by Gasteiger charge is -2.06. The van der Waals surface area contributed by atoms with E-state index in [-0.39, 0.29) is 5.43 Å². The van der Waals surface area contributed by atoms with Gasteiger partial charge < -0.3 is 9.72 Å². The molecule has 4 heteroatoms. The third-order valence-corrected chi connectivity index (χ3v) is 2.53. The average Bonchev–Trinajstić information content (AvgIpc) is 2.17.